The van der Waals surface area contributed by atoms with Gasteiger partial charge in [-0.2, -0.15) is 25.4 Å². The van der Waals surface area contributed by atoms with Crippen molar-refractivity contribution >= 4 is 32.4 Å². The third-order valence-electron chi connectivity index (χ3n) is 9.19. The van der Waals surface area contributed by atoms with Crippen molar-refractivity contribution in [1.29, 1.82) is 0 Å². The molecule has 1 aromatic carbocycles. The first-order chi connectivity index (χ1) is 23.8. The molecular formula is C33H49N9O7S2. The Morgan fingerprint density at radius 3 is 1.78 bits per heavy atom. The second-order valence-electron chi connectivity index (χ2n) is 14.7. The molecule has 3 aromatic rings. The molecule has 2 saturated heterocycles. The van der Waals surface area contributed by atoms with E-state index in [-0.39, 0.29) is 42.2 Å². The number of imidazole rings is 2. The molecule has 280 valence electrons. The van der Waals surface area contributed by atoms with E-state index in [4.69, 9.17) is 4.74 Å². The third-order valence-corrected chi connectivity index (χ3v) is 12.7. The molecule has 0 bridgehead atoms. The summed E-state index contributed by atoms with van der Waals surface area (Å²) < 4.78 is 61.9. The van der Waals surface area contributed by atoms with E-state index in [2.05, 4.69) is 9.97 Å². The number of carbonyl (C=O) groups is 2. The highest BCUT2D eigenvalue weighted by Crippen LogP contribution is 2.41. The Labute approximate surface area is 301 Å². The number of hydrogen-bond donors (Lipinski definition) is 0. The predicted molar refractivity (Wildman–Crippen MR) is 189 cm³/mol. The number of benzene rings is 1. The quantitative estimate of drug-likeness (QED) is 0.269. The molecule has 1 spiro atoms. The summed E-state index contributed by atoms with van der Waals surface area (Å²) in [6.07, 6.45) is 7.21. The van der Waals surface area contributed by atoms with E-state index in [1.807, 2.05) is 54.8 Å². The highest BCUT2D eigenvalue weighted by Gasteiger charge is 2.45. The predicted octanol–water partition coefficient (Wildman–Crippen LogP) is 2.34. The van der Waals surface area contributed by atoms with Crippen molar-refractivity contribution in [2.45, 2.75) is 71.8 Å². The molecule has 5 rings (SSSR count). The molecule has 2 aliphatic heterocycles. The van der Waals surface area contributed by atoms with Crippen LogP contribution >= 0.6 is 0 Å². The van der Waals surface area contributed by atoms with Crippen LogP contribution < -0.4 is 0 Å². The Kier molecular flexibility index (Phi) is 11.0. The second kappa shape index (κ2) is 14.7. The molecule has 51 heavy (non-hydrogen) atoms. The fourth-order valence-corrected chi connectivity index (χ4v) is 8.25. The molecule has 2 aliphatic rings. The molecule has 18 heteroatoms. The molecule has 4 heterocycles. The maximum atomic E-state index is 13.2. The van der Waals surface area contributed by atoms with Crippen molar-refractivity contribution in [3.8, 4) is 0 Å². The van der Waals surface area contributed by atoms with E-state index in [0.29, 0.717) is 39.1 Å². The second-order valence-corrected chi connectivity index (χ2v) is 18.8. The number of likely N-dealkylation sites (tertiary alicyclic amines) is 2. The minimum Gasteiger partial charge on any atom is -0.444 e. The van der Waals surface area contributed by atoms with E-state index < -0.39 is 26.0 Å². The molecule has 0 N–H and O–H groups in total. The zero-order chi connectivity index (χ0) is 37.4. The van der Waals surface area contributed by atoms with E-state index in [1.54, 1.807) is 4.90 Å². The first kappa shape index (κ1) is 38.4. The van der Waals surface area contributed by atoms with Crippen LogP contribution in [0.15, 0.2) is 49.1 Å². The standard InChI is InChI=1S/C33H49N9O7S2/c1-32(2,3)49-31(44)39-16-12-33(13-17-39)20-30(43)40(25-33)22-27-10-8-26(9-11-27)21-38(23-28-34-14-18-41(28)50(45,46)36(4)5)24-29-35-15-19-42(29)51(47,48)37(6)7/h8-11,14-15,18-19H,12-13,16-17,20-25H2,1-7H3. The molecule has 0 unspecified atom stereocenters. The lowest BCUT2D eigenvalue weighted by atomic mass is 9.78. The third kappa shape index (κ3) is 8.80. The molecular weight excluding hydrogens is 699 g/mol. The molecule has 0 aliphatic carbocycles. The summed E-state index contributed by atoms with van der Waals surface area (Å²) >= 11 is 0. The SMILES string of the molecule is CN(C)S(=O)(=O)n1ccnc1CN(Cc1ccc(CN2CC3(CCN(C(=O)OC(C)(C)C)CC3)CC2=O)cc1)Cc1nccn1S(=O)(=O)N(C)C. The first-order valence-electron chi connectivity index (χ1n) is 16.8. The van der Waals surface area contributed by atoms with Crippen LogP contribution in [0.5, 0.6) is 0 Å². The van der Waals surface area contributed by atoms with Gasteiger partial charge in [0.15, 0.2) is 0 Å². The van der Waals surface area contributed by atoms with Crippen LogP contribution in [0.25, 0.3) is 0 Å². The highest BCUT2D eigenvalue weighted by atomic mass is 32.2. The summed E-state index contributed by atoms with van der Waals surface area (Å²) in [7, 11) is -1.95. The molecule has 0 saturated carbocycles. The largest absolute Gasteiger partial charge is 0.444 e. The number of rotatable bonds is 12. The van der Waals surface area contributed by atoms with Crippen LogP contribution in [0.3, 0.4) is 0 Å². The van der Waals surface area contributed by atoms with Gasteiger partial charge in [-0.1, -0.05) is 24.3 Å². The van der Waals surface area contributed by atoms with E-state index in [1.165, 1.54) is 53.0 Å². The van der Waals surface area contributed by atoms with Crippen molar-refractivity contribution in [2.24, 2.45) is 5.41 Å². The number of ether oxygens (including phenoxy) is 1. The van der Waals surface area contributed by atoms with Crippen LogP contribution in [0.1, 0.15) is 62.8 Å². The van der Waals surface area contributed by atoms with Gasteiger partial charge in [-0.05, 0) is 44.7 Å². The van der Waals surface area contributed by atoms with Gasteiger partial charge >= 0.3 is 26.5 Å². The Balaban J connectivity index is 1.29. The van der Waals surface area contributed by atoms with Gasteiger partial charge in [0.05, 0.1) is 13.1 Å². The number of aromatic nitrogens is 4. The van der Waals surface area contributed by atoms with Crippen molar-refractivity contribution < 1.29 is 31.2 Å². The highest BCUT2D eigenvalue weighted by molar-refractivity contribution is 7.87. The normalized spacial score (nSPS) is 17.0. The van der Waals surface area contributed by atoms with Crippen LogP contribution in [0.2, 0.25) is 0 Å². The van der Waals surface area contributed by atoms with Crippen LogP contribution in [-0.4, -0.2) is 123 Å². The van der Waals surface area contributed by atoms with Crippen LogP contribution in [0, 0.1) is 5.41 Å². The Hall–Kier alpha value is -3.84. The minimum absolute atomic E-state index is 0.0758. The zero-order valence-corrected chi connectivity index (χ0v) is 32.0. The fraction of sp³-hybridized carbons (Fsp3) is 0.576. The van der Waals surface area contributed by atoms with Crippen molar-refractivity contribution in [1.82, 2.24) is 41.2 Å². The van der Waals surface area contributed by atoms with Crippen LogP contribution in [-0.2, 0) is 56.1 Å². The lowest BCUT2D eigenvalue weighted by Crippen LogP contribution is -2.46. The van der Waals surface area contributed by atoms with Gasteiger partial charge < -0.3 is 14.5 Å². The van der Waals surface area contributed by atoms with E-state index in [0.717, 1.165) is 40.5 Å². The smallest absolute Gasteiger partial charge is 0.410 e. The Morgan fingerprint density at radius 1 is 0.824 bits per heavy atom. The fourth-order valence-electron chi connectivity index (χ4n) is 6.39. The first-order valence-corrected chi connectivity index (χ1v) is 19.6. The molecule has 2 amide bonds. The van der Waals surface area contributed by atoms with Gasteiger partial charge in [0.2, 0.25) is 5.91 Å². The Morgan fingerprint density at radius 2 is 1.31 bits per heavy atom. The molecule has 0 atom stereocenters. The zero-order valence-electron chi connectivity index (χ0n) is 30.4. The number of hydrogen-bond acceptors (Lipinski definition) is 10. The number of amides is 2. The van der Waals surface area contributed by atoms with Crippen molar-refractivity contribution in [3.63, 3.8) is 0 Å². The van der Waals surface area contributed by atoms with Gasteiger partial charge in [-0.3, -0.25) is 9.69 Å². The van der Waals surface area contributed by atoms with E-state index >= 15 is 0 Å². The summed E-state index contributed by atoms with van der Waals surface area (Å²) in [6, 6.07) is 7.83. The van der Waals surface area contributed by atoms with Gasteiger partial charge in [0, 0.05) is 97.5 Å². The van der Waals surface area contributed by atoms with Gasteiger partial charge in [-0.15, -0.1) is 0 Å². The number of carbonyl (C=O) groups excluding carboxylic acids is 2. The summed E-state index contributed by atoms with van der Waals surface area (Å²) in [6.45, 7) is 8.23. The Bertz CT molecular complexity index is 1850. The molecule has 0 radical (unpaired) electrons. The monoisotopic (exact) mass is 747 g/mol. The maximum Gasteiger partial charge on any atom is 0.410 e. The summed E-state index contributed by atoms with van der Waals surface area (Å²) in [5, 5.41) is 0. The molecule has 2 aromatic heterocycles. The van der Waals surface area contributed by atoms with Crippen molar-refractivity contribution in [3.05, 3.63) is 71.8 Å². The average molecular weight is 748 g/mol. The lowest BCUT2D eigenvalue weighted by molar-refractivity contribution is -0.128. The van der Waals surface area contributed by atoms with Crippen LogP contribution in [0.4, 0.5) is 4.79 Å². The summed E-state index contributed by atoms with van der Waals surface area (Å²) in [5.74, 6) is 0.613. The van der Waals surface area contributed by atoms with Gasteiger partial charge in [0.1, 0.15) is 17.2 Å². The van der Waals surface area contributed by atoms with Gasteiger partial charge in [0.25, 0.3) is 0 Å². The topological polar surface area (TPSA) is 163 Å². The van der Waals surface area contributed by atoms with E-state index in [9.17, 15) is 26.4 Å². The summed E-state index contributed by atoms with van der Waals surface area (Å²) in [5.41, 5.74) is 1.13. The average Bonchev–Trinajstić information content (AvgIpc) is 3.77. The van der Waals surface area contributed by atoms with Crippen molar-refractivity contribution in [2.75, 3.05) is 47.8 Å². The molecule has 16 nitrogen and oxygen atoms in total. The number of nitrogens with zero attached hydrogens (tertiary/aromatic N) is 9. The summed E-state index contributed by atoms with van der Waals surface area (Å²) in [4.78, 5) is 39.8. The maximum absolute atomic E-state index is 13.2. The number of piperidine rings is 1. The minimum atomic E-state index is -3.85. The lowest BCUT2D eigenvalue weighted by Gasteiger charge is -2.39. The van der Waals surface area contributed by atoms with Gasteiger partial charge in [-0.25, -0.2) is 22.7 Å². The molecule has 2 fully saturated rings.